The molecular formula is C46H31N7. The van der Waals surface area contributed by atoms with Crippen molar-refractivity contribution < 1.29 is 0 Å². The zero-order chi connectivity index (χ0) is 35.1. The van der Waals surface area contributed by atoms with Crippen LogP contribution in [0.4, 0.5) is 17.1 Å². The van der Waals surface area contributed by atoms with E-state index in [1.54, 1.807) is 0 Å². The van der Waals surface area contributed by atoms with Gasteiger partial charge in [0.2, 0.25) is 0 Å². The molecule has 0 spiro atoms. The molecule has 0 fully saturated rings. The molecule has 0 aliphatic heterocycles. The van der Waals surface area contributed by atoms with E-state index in [0.717, 1.165) is 56.2 Å². The Morgan fingerprint density at radius 2 is 1.02 bits per heavy atom. The number of nitrogens with zero attached hydrogens (tertiary/aromatic N) is 7. The number of para-hydroxylation sites is 2. The highest BCUT2D eigenvalue weighted by Gasteiger charge is 2.20. The van der Waals surface area contributed by atoms with Crippen molar-refractivity contribution in [1.29, 1.82) is 0 Å². The third kappa shape index (κ3) is 5.30. The number of pyridine rings is 1. The van der Waals surface area contributed by atoms with Crippen LogP contribution in [0.25, 0.3) is 66.6 Å². The van der Waals surface area contributed by atoms with Gasteiger partial charge >= 0.3 is 0 Å². The molecule has 0 aliphatic carbocycles. The minimum atomic E-state index is 0.640. The van der Waals surface area contributed by atoms with E-state index in [1.807, 2.05) is 24.5 Å². The van der Waals surface area contributed by atoms with Crippen molar-refractivity contribution in [1.82, 2.24) is 29.1 Å². The van der Waals surface area contributed by atoms with Crippen LogP contribution in [0.1, 0.15) is 0 Å². The van der Waals surface area contributed by atoms with Gasteiger partial charge in [-0.3, -0.25) is 4.98 Å². The molecule has 0 atom stereocenters. The Morgan fingerprint density at radius 3 is 1.72 bits per heavy atom. The number of fused-ring (bicyclic) bond motifs is 5. The minimum Gasteiger partial charge on any atom is -0.317 e. The summed E-state index contributed by atoms with van der Waals surface area (Å²) in [6.45, 7) is 0. The molecule has 0 radical (unpaired) electrons. The van der Waals surface area contributed by atoms with Crippen LogP contribution in [-0.2, 0) is 0 Å². The van der Waals surface area contributed by atoms with E-state index in [2.05, 4.69) is 186 Å². The van der Waals surface area contributed by atoms with Gasteiger partial charge in [-0.25, -0.2) is 15.0 Å². The van der Waals surface area contributed by atoms with Gasteiger partial charge in [0.1, 0.15) is 12.7 Å². The van der Waals surface area contributed by atoms with Gasteiger partial charge in [0.25, 0.3) is 0 Å². The Kier molecular flexibility index (Phi) is 7.32. The number of benzene rings is 6. The van der Waals surface area contributed by atoms with Gasteiger partial charge in [-0.15, -0.1) is 0 Å². The molecule has 53 heavy (non-hydrogen) atoms. The first-order valence-electron chi connectivity index (χ1n) is 17.5. The monoisotopic (exact) mass is 681 g/mol. The van der Waals surface area contributed by atoms with E-state index in [0.29, 0.717) is 5.82 Å². The molecule has 0 unspecified atom stereocenters. The fraction of sp³-hybridized carbons (Fsp3) is 0. The fourth-order valence-corrected chi connectivity index (χ4v) is 7.47. The molecule has 7 nitrogen and oxygen atoms in total. The molecule has 6 aromatic carbocycles. The molecule has 0 saturated heterocycles. The molecule has 0 saturated carbocycles. The second-order valence-electron chi connectivity index (χ2n) is 12.9. The SMILES string of the molecule is c1ccc(-n2ccc3c4c5cc(N(c6ccc(-c7ccncc7)cc6)c6ccc(-c7ncncn7)cc6)ccc5n(-c5ccccc5)c4ccc32)cc1. The maximum Gasteiger partial charge on any atom is 0.162 e. The molecule has 10 aromatic rings. The second-order valence-corrected chi connectivity index (χ2v) is 12.9. The third-order valence-electron chi connectivity index (χ3n) is 9.90. The number of rotatable bonds is 7. The average Bonchev–Trinajstić information content (AvgIpc) is 3.82. The van der Waals surface area contributed by atoms with Crippen molar-refractivity contribution >= 4 is 49.8 Å². The summed E-state index contributed by atoms with van der Waals surface area (Å²) < 4.78 is 4.65. The lowest BCUT2D eigenvalue weighted by molar-refractivity contribution is 1.06. The Balaban J connectivity index is 1.19. The first kappa shape index (κ1) is 30.4. The Morgan fingerprint density at radius 1 is 0.434 bits per heavy atom. The Hall–Kier alpha value is -7.38. The predicted octanol–water partition coefficient (Wildman–Crippen LogP) is 11.1. The summed E-state index contributed by atoms with van der Waals surface area (Å²) in [5.41, 5.74) is 12.0. The van der Waals surface area contributed by atoms with Gasteiger partial charge in [-0.2, -0.15) is 0 Å². The van der Waals surface area contributed by atoms with Crippen LogP contribution in [0.2, 0.25) is 0 Å². The molecular weight excluding hydrogens is 651 g/mol. The predicted molar refractivity (Wildman–Crippen MR) is 214 cm³/mol. The molecule has 250 valence electrons. The fourth-order valence-electron chi connectivity index (χ4n) is 7.47. The van der Waals surface area contributed by atoms with Crippen LogP contribution in [-0.4, -0.2) is 29.1 Å². The summed E-state index contributed by atoms with van der Waals surface area (Å²) in [5.74, 6) is 0.640. The molecule has 0 N–H and O–H groups in total. The first-order chi connectivity index (χ1) is 26.3. The molecule has 4 heterocycles. The largest absolute Gasteiger partial charge is 0.317 e. The van der Waals surface area contributed by atoms with Crippen molar-refractivity contribution in [3.8, 4) is 33.9 Å². The standard InChI is InChI=1S/C46H31N7/c1-3-7-35(8-4-1)51-28-25-40-42(51)21-22-44-45(40)41-29-39(19-20-43(41)53(44)36-9-5-2-6-10-36)52(37-15-11-32(12-16-37)33-23-26-47-27-24-33)38-17-13-34(14-18-38)46-49-30-48-31-50-46/h1-31H. The number of hydrogen-bond acceptors (Lipinski definition) is 5. The summed E-state index contributed by atoms with van der Waals surface area (Å²) >= 11 is 0. The topological polar surface area (TPSA) is 64.7 Å². The Bertz CT molecular complexity index is 2770. The highest BCUT2D eigenvalue weighted by molar-refractivity contribution is 6.22. The van der Waals surface area contributed by atoms with Gasteiger partial charge in [0.05, 0.1) is 16.6 Å². The van der Waals surface area contributed by atoms with Crippen molar-refractivity contribution in [3.63, 3.8) is 0 Å². The van der Waals surface area contributed by atoms with E-state index in [4.69, 9.17) is 0 Å². The molecule has 0 bridgehead atoms. The highest BCUT2D eigenvalue weighted by Crippen LogP contribution is 2.43. The second kappa shape index (κ2) is 12.7. The van der Waals surface area contributed by atoms with Gasteiger partial charge < -0.3 is 14.0 Å². The van der Waals surface area contributed by atoms with Crippen molar-refractivity contribution in [3.05, 3.63) is 189 Å². The zero-order valence-electron chi connectivity index (χ0n) is 28.5. The van der Waals surface area contributed by atoms with Crippen LogP contribution < -0.4 is 4.90 Å². The van der Waals surface area contributed by atoms with Gasteiger partial charge in [-0.05, 0) is 120 Å². The molecule has 4 aromatic heterocycles. The maximum absolute atomic E-state index is 4.37. The van der Waals surface area contributed by atoms with Crippen LogP contribution in [0.3, 0.4) is 0 Å². The quantitative estimate of drug-likeness (QED) is 0.167. The molecule has 0 aliphatic rings. The number of anilines is 3. The van der Waals surface area contributed by atoms with Gasteiger partial charge in [-0.1, -0.05) is 48.5 Å². The van der Waals surface area contributed by atoms with Crippen molar-refractivity contribution in [2.24, 2.45) is 0 Å². The minimum absolute atomic E-state index is 0.640. The summed E-state index contributed by atoms with van der Waals surface area (Å²) in [4.78, 5) is 19.2. The lowest BCUT2D eigenvalue weighted by atomic mass is 10.0. The molecule has 7 heteroatoms. The zero-order valence-corrected chi connectivity index (χ0v) is 28.5. The van der Waals surface area contributed by atoms with E-state index in [9.17, 15) is 0 Å². The first-order valence-corrected chi connectivity index (χ1v) is 17.5. The van der Waals surface area contributed by atoms with Crippen LogP contribution >= 0.6 is 0 Å². The summed E-state index contributed by atoms with van der Waals surface area (Å²) in [7, 11) is 0. The average molecular weight is 682 g/mol. The van der Waals surface area contributed by atoms with E-state index in [1.165, 1.54) is 34.3 Å². The third-order valence-corrected chi connectivity index (χ3v) is 9.90. The summed E-state index contributed by atoms with van der Waals surface area (Å²) in [6, 6.07) is 55.9. The number of aromatic nitrogens is 6. The number of hydrogen-bond donors (Lipinski definition) is 0. The Labute approximate surface area is 305 Å². The van der Waals surface area contributed by atoms with Gasteiger partial charge in [0.15, 0.2) is 5.82 Å². The van der Waals surface area contributed by atoms with Gasteiger partial charge in [0, 0.05) is 68.7 Å². The van der Waals surface area contributed by atoms with E-state index in [-0.39, 0.29) is 0 Å². The maximum atomic E-state index is 4.37. The molecule has 10 rings (SSSR count). The highest BCUT2D eigenvalue weighted by atomic mass is 15.1. The van der Waals surface area contributed by atoms with Crippen molar-refractivity contribution in [2.75, 3.05) is 4.90 Å². The normalized spacial score (nSPS) is 11.4. The smallest absolute Gasteiger partial charge is 0.162 e. The summed E-state index contributed by atoms with van der Waals surface area (Å²) in [5, 5.41) is 3.60. The van der Waals surface area contributed by atoms with Crippen molar-refractivity contribution in [2.45, 2.75) is 0 Å². The van der Waals surface area contributed by atoms with Crippen LogP contribution in [0.5, 0.6) is 0 Å². The lowest BCUT2D eigenvalue weighted by Crippen LogP contribution is -2.10. The van der Waals surface area contributed by atoms with E-state index >= 15 is 0 Å². The lowest BCUT2D eigenvalue weighted by Gasteiger charge is -2.26. The molecule has 0 amide bonds. The van der Waals surface area contributed by atoms with E-state index < -0.39 is 0 Å². The summed E-state index contributed by atoms with van der Waals surface area (Å²) in [6.07, 6.45) is 8.89. The van der Waals surface area contributed by atoms with Crippen LogP contribution in [0, 0.1) is 0 Å². The van der Waals surface area contributed by atoms with Crippen LogP contribution in [0.15, 0.2) is 189 Å².